The van der Waals surface area contributed by atoms with Crippen molar-refractivity contribution in [3.8, 4) is 0 Å². The standard InChI is InChI=1S/C14H23N3O2S/c1-10-7-17(6-5-14(10,2)19)13(18)11-9-20-12(15-11)8-16(3)4/h9-10,19H,5-8H2,1-4H3/t10-,14+/m0/s1. The number of carbonyl (C=O) groups excluding carboxylic acids is 1. The Morgan fingerprint density at radius 3 is 2.95 bits per heavy atom. The van der Waals surface area contributed by atoms with E-state index in [0.717, 1.165) is 11.6 Å². The van der Waals surface area contributed by atoms with Gasteiger partial charge in [0.2, 0.25) is 0 Å². The predicted molar refractivity (Wildman–Crippen MR) is 79.8 cm³/mol. The maximum absolute atomic E-state index is 12.4. The van der Waals surface area contributed by atoms with Crippen LogP contribution in [0.15, 0.2) is 5.38 Å². The monoisotopic (exact) mass is 297 g/mol. The van der Waals surface area contributed by atoms with Crippen molar-refractivity contribution in [2.24, 2.45) is 5.92 Å². The molecule has 112 valence electrons. The van der Waals surface area contributed by atoms with Crippen molar-refractivity contribution in [1.29, 1.82) is 0 Å². The highest BCUT2D eigenvalue weighted by molar-refractivity contribution is 7.09. The number of nitrogens with zero attached hydrogens (tertiary/aromatic N) is 3. The van der Waals surface area contributed by atoms with E-state index in [1.807, 2.05) is 38.2 Å². The van der Waals surface area contributed by atoms with Gasteiger partial charge in [0.05, 0.1) is 5.60 Å². The van der Waals surface area contributed by atoms with E-state index in [1.54, 1.807) is 4.90 Å². The molecule has 0 aliphatic carbocycles. The van der Waals surface area contributed by atoms with E-state index in [4.69, 9.17) is 0 Å². The minimum atomic E-state index is -0.672. The van der Waals surface area contributed by atoms with Crippen LogP contribution < -0.4 is 0 Å². The normalized spacial score (nSPS) is 27.1. The van der Waals surface area contributed by atoms with Crippen molar-refractivity contribution >= 4 is 17.2 Å². The van der Waals surface area contributed by atoms with Crippen LogP contribution in [0.4, 0.5) is 0 Å². The largest absolute Gasteiger partial charge is 0.390 e. The topological polar surface area (TPSA) is 56.7 Å². The lowest BCUT2D eigenvalue weighted by Gasteiger charge is -2.40. The van der Waals surface area contributed by atoms with Crippen LogP contribution in [0.2, 0.25) is 0 Å². The average molecular weight is 297 g/mol. The van der Waals surface area contributed by atoms with Crippen LogP contribution in [0.5, 0.6) is 0 Å². The summed E-state index contributed by atoms with van der Waals surface area (Å²) in [5.41, 5.74) is -0.143. The molecule has 6 heteroatoms. The Hall–Kier alpha value is -0.980. The molecular weight excluding hydrogens is 274 g/mol. The van der Waals surface area contributed by atoms with Crippen LogP contribution in [-0.2, 0) is 6.54 Å². The number of hydrogen-bond acceptors (Lipinski definition) is 5. The number of aromatic nitrogens is 1. The molecule has 2 atom stereocenters. The van der Waals surface area contributed by atoms with Gasteiger partial charge in [0, 0.05) is 30.9 Å². The first kappa shape index (κ1) is 15.4. The quantitative estimate of drug-likeness (QED) is 0.917. The molecule has 1 aliphatic rings. The first-order chi connectivity index (χ1) is 9.29. The van der Waals surface area contributed by atoms with E-state index >= 15 is 0 Å². The minimum absolute atomic E-state index is 0.0198. The van der Waals surface area contributed by atoms with Gasteiger partial charge in [-0.05, 0) is 27.4 Å². The Morgan fingerprint density at radius 2 is 2.35 bits per heavy atom. The van der Waals surface area contributed by atoms with Crippen LogP contribution in [0.1, 0.15) is 35.8 Å². The van der Waals surface area contributed by atoms with Gasteiger partial charge in [0.1, 0.15) is 10.7 Å². The van der Waals surface area contributed by atoms with Gasteiger partial charge in [0.25, 0.3) is 5.91 Å². The number of rotatable bonds is 3. The van der Waals surface area contributed by atoms with Gasteiger partial charge in [-0.1, -0.05) is 6.92 Å². The molecule has 0 radical (unpaired) electrons. The van der Waals surface area contributed by atoms with Crippen LogP contribution in [-0.4, -0.2) is 58.6 Å². The molecule has 0 bridgehead atoms. The highest BCUT2D eigenvalue weighted by atomic mass is 32.1. The molecule has 0 unspecified atom stereocenters. The van der Waals surface area contributed by atoms with E-state index in [-0.39, 0.29) is 11.8 Å². The molecule has 1 amide bonds. The molecular formula is C14H23N3O2S. The second-order valence-electron chi connectivity index (χ2n) is 6.12. The molecule has 1 saturated heterocycles. The highest BCUT2D eigenvalue weighted by Gasteiger charge is 2.36. The molecule has 1 aliphatic heterocycles. The summed E-state index contributed by atoms with van der Waals surface area (Å²) >= 11 is 1.52. The summed E-state index contributed by atoms with van der Waals surface area (Å²) < 4.78 is 0. The second kappa shape index (κ2) is 5.79. The third kappa shape index (κ3) is 3.37. The Labute approximate surface area is 124 Å². The Morgan fingerprint density at radius 1 is 1.65 bits per heavy atom. The maximum atomic E-state index is 12.4. The zero-order valence-corrected chi connectivity index (χ0v) is 13.4. The Balaban J connectivity index is 2.03. The van der Waals surface area contributed by atoms with Gasteiger partial charge in [-0.3, -0.25) is 4.79 Å². The van der Waals surface area contributed by atoms with Gasteiger partial charge in [-0.15, -0.1) is 11.3 Å². The van der Waals surface area contributed by atoms with E-state index < -0.39 is 5.60 Å². The molecule has 5 nitrogen and oxygen atoms in total. The fraction of sp³-hybridized carbons (Fsp3) is 0.714. The summed E-state index contributed by atoms with van der Waals surface area (Å²) in [7, 11) is 3.97. The zero-order chi connectivity index (χ0) is 14.9. The van der Waals surface area contributed by atoms with E-state index in [2.05, 4.69) is 4.98 Å². The van der Waals surface area contributed by atoms with Gasteiger partial charge in [-0.2, -0.15) is 0 Å². The van der Waals surface area contributed by atoms with E-state index in [9.17, 15) is 9.90 Å². The molecule has 1 fully saturated rings. The fourth-order valence-corrected chi connectivity index (χ4v) is 3.21. The molecule has 2 rings (SSSR count). The van der Waals surface area contributed by atoms with Crippen molar-refractivity contribution < 1.29 is 9.90 Å². The average Bonchev–Trinajstić information content (AvgIpc) is 2.79. The van der Waals surface area contributed by atoms with Crippen molar-refractivity contribution in [1.82, 2.24) is 14.8 Å². The van der Waals surface area contributed by atoms with Gasteiger partial charge >= 0.3 is 0 Å². The third-order valence-corrected chi connectivity index (χ3v) is 4.79. The van der Waals surface area contributed by atoms with Crippen LogP contribution >= 0.6 is 11.3 Å². The molecule has 1 aromatic heterocycles. The Bertz CT molecular complexity index is 485. The first-order valence-corrected chi connectivity index (χ1v) is 7.78. The van der Waals surface area contributed by atoms with Crippen LogP contribution in [0, 0.1) is 5.92 Å². The van der Waals surface area contributed by atoms with Crippen molar-refractivity contribution in [3.63, 3.8) is 0 Å². The molecule has 1 N–H and O–H groups in total. The van der Waals surface area contributed by atoms with Gasteiger partial charge < -0.3 is 14.9 Å². The summed E-state index contributed by atoms with van der Waals surface area (Å²) in [5.74, 6) is 0.0636. The summed E-state index contributed by atoms with van der Waals surface area (Å²) in [6.45, 7) is 5.77. The lowest BCUT2D eigenvalue weighted by atomic mass is 9.84. The number of thiazole rings is 1. The Kier molecular flexibility index (Phi) is 4.46. The van der Waals surface area contributed by atoms with Gasteiger partial charge in [0.15, 0.2) is 0 Å². The first-order valence-electron chi connectivity index (χ1n) is 6.90. The molecule has 0 aromatic carbocycles. The number of aliphatic hydroxyl groups is 1. The van der Waals surface area contributed by atoms with Crippen molar-refractivity contribution in [2.75, 3.05) is 27.2 Å². The smallest absolute Gasteiger partial charge is 0.273 e. The van der Waals surface area contributed by atoms with E-state index in [0.29, 0.717) is 25.2 Å². The molecule has 0 saturated carbocycles. The summed E-state index contributed by atoms with van der Waals surface area (Å²) in [4.78, 5) is 20.7. The lowest BCUT2D eigenvalue weighted by molar-refractivity contribution is -0.0440. The summed E-state index contributed by atoms with van der Waals surface area (Å²) in [6, 6.07) is 0. The van der Waals surface area contributed by atoms with Crippen molar-refractivity contribution in [2.45, 2.75) is 32.4 Å². The summed E-state index contributed by atoms with van der Waals surface area (Å²) in [5, 5.41) is 12.9. The fourth-order valence-electron chi connectivity index (χ4n) is 2.32. The summed E-state index contributed by atoms with van der Waals surface area (Å²) in [6.07, 6.45) is 0.620. The van der Waals surface area contributed by atoms with Crippen LogP contribution in [0.3, 0.4) is 0 Å². The lowest BCUT2D eigenvalue weighted by Crippen LogP contribution is -2.50. The maximum Gasteiger partial charge on any atom is 0.273 e. The van der Waals surface area contributed by atoms with Crippen molar-refractivity contribution in [3.05, 3.63) is 16.1 Å². The zero-order valence-electron chi connectivity index (χ0n) is 12.6. The third-order valence-electron chi connectivity index (χ3n) is 3.95. The van der Waals surface area contributed by atoms with Crippen LogP contribution in [0.25, 0.3) is 0 Å². The molecule has 2 heterocycles. The van der Waals surface area contributed by atoms with E-state index in [1.165, 1.54) is 11.3 Å². The number of piperidine rings is 1. The second-order valence-corrected chi connectivity index (χ2v) is 7.07. The minimum Gasteiger partial charge on any atom is -0.390 e. The number of hydrogen-bond donors (Lipinski definition) is 1. The molecule has 0 spiro atoms. The predicted octanol–water partition coefficient (Wildman–Crippen LogP) is 1.44. The van der Waals surface area contributed by atoms with Gasteiger partial charge in [-0.25, -0.2) is 4.98 Å². The molecule has 1 aromatic rings. The number of amides is 1. The SMILES string of the molecule is C[C@H]1CN(C(=O)c2csc(CN(C)C)n2)CC[C@@]1(C)O. The number of carbonyl (C=O) groups is 1. The number of likely N-dealkylation sites (tertiary alicyclic amines) is 1. The molecule has 20 heavy (non-hydrogen) atoms. The highest BCUT2D eigenvalue weighted by Crippen LogP contribution is 2.28.